The maximum absolute atomic E-state index is 12.9. The zero-order valence-corrected chi connectivity index (χ0v) is 20.2. The van der Waals surface area contributed by atoms with Gasteiger partial charge in [-0.25, -0.2) is 4.98 Å². The largest absolute Gasteiger partial charge is 0.490 e. The number of hydrogen-bond acceptors (Lipinski definition) is 6. The molecule has 35 heavy (non-hydrogen) atoms. The molecular weight excluding hydrogens is 444 g/mol. The number of fused-ring (bicyclic) bond motifs is 4. The molecule has 1 aliphatic rings. The van der Waals surface area contributed by atoms with Crippen LogP contribution >= 0.6 is 0 Å². The molecule has 0 saturated carbocycles. The quantitative estimate of drug-likeness (QED) is 0.500. The molecule has 182 valence electrons. The number of para-hydroxylation sites is 4. The average molecular weight is 475 g/mol. The van der Waals surface area contributed by atoms with Crippen LogP contribution in [0, 0.1) is 0 Å². The lowest BCUT2D eigenvalue weighted by Crippen LogP contribution is -2.45. The van der Waals surface area contributed by atoms with E-state index in [4.69, 9.17) is 9.47 Å². The highest BCUT2D eigenvalue weighted by atomic mass is 16.5. The van der Waals surface area contributed by atoms with Crippen molar-refractivity contribution in [2.45, 2.75) is 26.3 Å². The molecule has 0 radical (unpaired) electrons. The predicted molar refractivity (Wildman–Crippen MR) is 135 cm³/mol. The summed E-state index contributed by atoms with van der Waals surface area (Å²) in [4.78, 5) is 32.4. The molecular formula is C27H30N4O4. The van der Waals surface area contributed by atoms with Gasteiger partial charge in [0, 0.05) is 18.6 Å². The van der Waals surface area contributed by atoms with Gasteiger partial charge in [0.15, 0.2) is 0 Å². The Morgan fingerprint density at radius 2 is 1.17 bits per heavy atom. The SMILES string of the molecule is CC(C)(C)N1CCOc2ccccc2NC(=O)c2cccc(n2)C(=O)Nc2ccccc2OCC1. The zero-order valence-electron chi connectivity index (χ0n) is 20.2. The molecule has 2 N–H and O–H groups in total. The minimum Gasteiger partial charge on any atom is -0.490 e. The van der Waals surface area contributed by atoms with Crippen molar-refractivity contribution in [2.75, 3.05) is 36.9 Å². The number of carbonyl (C=O) groups is 2. The van der Waals surface area contributed by atoms with Gasteiger partial charge in [0.2, 0.25) is 0 Å². The van der Waals surface area contributed by atoms with Crippen molar-refractivity contribution in [2.24, 2.45) is 0 Å². The second-order valence-corrected chi connectivity index (χ2v) is 9.16. The molecule has 4 rings (SSSR count). The van der Waals surface area contributed by atoms with Gasteiger partial charge in [-0.15, -0.1) is 0 Å². The first-order valence-electron chi connectivity index (χ1n) is 11.6. The average Bonchev–Trinajstić information content (AvgIpc) is 2.84. The number of hydrogen-bond donors (Lipinski definition) is 2. The number of anilines is 2. The summed E-state index contributed by atoms with van der Waals surface area (Å²) in [5, 5.41) is 5.71. The Morgan fingerprint density at radius 3 is 1.63 bits per heavy atom. The fourth-order valence-electron chi connectivity index (χ4n) is 3.77. The van der Waals surface area contributed by atoms with Crippen molar-refractivity contribution in [1.82, 2.24) is 9.88 Å². The summed E-state index contributed by atoms with van der Waals surface area (Å²) in [6, 6.07) is 19.3. The van der Waals surface area contributed by atoms with Gasteiger partial charge in [0.25, 0.3) is 11.8 Å². The molecule has 2 amide bonds. The van der Waals surface area contributed by atoms with E-state index >= 15 is 0 Å². The van der Waals surface area contributed by atoms with E-state index in [9.17, 15) is 9.59 Å². The minimum absolute atomic E-state index is 0.108. The standard InChI is InChI=1S/C27H30N4O4/c1-27(2,3)31-15-17-34-23-13-6-4-9-19(23)29-25(32)21-11-8-12-22(28-21)26(33)30-20-10-5-7-14-24(20)35-18-16-31/h4-14H,15-18H2,1-3H3,(H,29,32)(H,30,33). The Labute approximate surface area is 205 Å². The lowest BCUT2D eigenvalue weighted by atomic mass is 10.1. The molecule has 0 aliphatic carbocycles. The molecule has 1 aliphatic heterocycles. The van der Waals surface area contributed by atoms with E-state index in [1.807, 2.05) is 36.4 Å². The first kappa shape index (κ1) is 24.2. The number of rotatable bonds is 0. The third-order valence-electron chi connectivity index (χ3n) is 5.67. The van der Waals surface area contributed by atoms with Gasteiger partial charge in [-0.1, -0.05) is 30.3 Å². The molecule has 2 heterocycles. The van der Waals surface area contributed by atoms with E-state index in [-0.39, 0.29) is 16.9 Å². The van der Waals surface area contributed by atoms with Crippen molar-refractivity contribution in [3.8, 4) is 11.5 Å². The highest BCUT2D eigenvalue weighted by molar-refractivity contribution is 6.06. The molecule has 0 fully saturated rings. The Bertz CT molecular complexity index is 1120. The van der Waals surface area contributed by atoms with Gasteiger partial charge in [-0.3, -0.25) is 14.5 Å². The molecule has 2 bridgehead atoms. The number of ether oxygens (including phenoxy) is 2. The van der Waals surface area contributed by atoms with Crippen molar-refractivity contribution in [3.63, 3.8) is 0 Å². The lowest BCUT2D eigenvalue weighted by Gasteiger charge is -2.35. The van der Waals surface area contributed by atoms with Crippen molar-refractivity contribution in [1.29, 1.82) is 0 Å². The van der Waals surface area contributed by atoms with Crippen LogP contribution in [-0.2, 0) is 0 Å². The van der Waals surface area contributed by atoms with E-state index in [2.05, 4.69) is 41.3 Å². The van der Waals surface area contributed by atoms with Crippen LogP contribution in [0.15, 0.2) is 66.7 Å². The fraction of sp³-hybridized carbons (Fsp3) is 0.296. The lowest BCUT2D eigenvalue weighted by molar-refractivity contribution is 0.0934. The van der Waals surface area contributed by atoms with E-state index in [0.717, 1.165) is 0 Å². The van der Waals surface area contributed by atoms with Crippen molar-refractivity contribution in [3.05, 3.63) is 78.1 Å². The number of pyridine rings is 1. The molecule has 8 nitrogen and oxygen atoms in total. The number of amides is 2. The van der Waals surface area contributed by atoms with Crippen LogP contribution in [-0.4, -0.2) is 53.5 Å². The van der Waals surface area contributed by atoms with Gasteiger partial charge < -0.3 is 20.1 Å². The van der Waals surface area contributed by atoms with E-state index in [1.165, 1.54) is 0 Å². The number of carbonyl (C=O) groups excluding carboxylic acids is 2. The van der Waals surface area contributed by atoms with Crippen molar-refractivity contribution >= 4 is 23.2 Å². The van der Waals surface area contributed by atoms with Crippen LogP contribution in [0.1, 0.15) is 41.7 Å². The summed E-state index contributed by atoms with van der Waals surface area (Å²) in [6.07, 6.45) is 0. The van der Waals surface area contributed by atoms with Gasteiger partial charge in [0.1, 0.15) is 36.1 Å². The van der Waals surface area contributed by atoms with Gasteiger partial charge in [0.05, 0.1) is 11.4 Å². The van der Waals surface area contributed by atoms with Crippen LogP contribution in [0.3, 0.4) is 0 Å². The second kappa shape index (κ2) is 10.6. The molecule has 0 spiro atoms. The zero-order chi connectivity index (χ0) is 24.8. The number of aromatic nitrogens is 1. The van der Waals surface area contributed by atoms with Crippen LogP contribution < -0.4 is 20.1 Å². The summed E-state index contributed by atoms with van der Waals surface area (Å²) in [5.41, 5.74) is 1.21. The minimum atomic E-state index is -0.433. The first-order valence-corrected chi connectivity index (χ1v) is 11.6. The smallest absolute Gasteiger partial charge is 0.274 e. The van der Waals surface area contributed by atoms with Crippen LogP contribution in [0.2, 0.25) is 0 Å². The van der Waals surface area contributed by atoms with Crippen LogP contribution in [0.5, 0.6) is 11.5 Å². The maximum atomic E-state index is 12.9. The molecule has 3 aromatic rings. The molecule has 0 saturated heterocycles. The molecule has 2 aromatic carbocycles. The van der Waals surface area contributed by atoms with Crippen LogP contribution in [0.4, 0.5) is 11.4 Å². The maximum Gasteiger partial charge on any atom is 0.274 e. The predicted octanol–water partition coefficient (Wildman–Crippen LogP) is 4.46. The normalized spacial score (nSPS) is 15.7. The fourth-order valence-corrected chi connectivity index (χ4v) is 3.77. The Hall–Kier alpha value is -3.91. The van der Waals surface area contributed by atoms with E-state index in [0.29, 0.717) is 49.2 Å². The third kappa shape index (κ3) is 6.16. The van der Waals surface area contributed by atoms with E-state index in [1.54, 1.807) is 30.3 Å². The van der Waals surface area contributed by atoms with Crippen LogP contribution in [0.25, 0.3) is 0 Å². The van der Waals surface area contributed by atoms with E-state index < -0.39 is 11.8 Å². The number of nitrogens with zero attached hydrogens (tertiary/aromatic N) is 2. The van der Waals surface area contributed by atoms with Crippen molar-refractivity contribution < 1.29 is 19.1 Å². The van der Waals surface area contributed by atoms with Gasteiger partial charge in [-0.05, 0) is 57.2 Å². The highest BCUT2D eigenvalue weighted by Crippen LogP contribution is 2.26. The first-order chi connectivity index (χ1) is 16.8. The number of nitrogens with one attached hydrogen (secondary N) is 2. The highest BCUT2D eigenvalue weighted by Gasteiger charge is 2.22. The monoisotopic (exact) mass is 474 g/mol. The Morgan fingerprint density at radius 1 is 0.714 bits per heavy atom. The van der Waals surface area contributed by atoms with Gasteiger partial charge >= 0.3 is 0 Å². The molecule has 1 aromatic heterocycles. The molecule has 0 unspecified atom stereocenters. The summed E-state index contributed by atoms with van der Waals surface area (Å²) < 4.78 is 12.1. The third-order valence-corrected chi connectivity index (χ3v) is 5.67. The van der Waals surface area contributed by atoms with Gasteiger partial charge in [-0.2, -0.15) is 0 Å². The number of benzene rings is 2. The summed E-state index contributed by atoms with van der Waals surface area (Å²) in [7, 11) is 0. The molecule has 0 atom stereocenters. The summed E-state index contributed by atoms with van der Waals surface area (Å²) >= 11 is 0. The molecule has 8 heteroatoms. The summed E-state index contributed by atoms with van der Waals surface area (Å²) in [5.74, 6) is 0.263. The topological polar surface area (TPSA) is 92.8 Å². The Balaban J connectivity index is 1.67. The second-order valence-electron chi connectivity index (χ2n) is 9.16. The summed E-state index contributed by atoms with van der Waals surface area (Å²) in [6.45, 7) is 8.62. The Kier molecular flexibility index (Phi) is 7.31.